The largest absolute Gasteiger partial charge is 0.354 e. The number of hydrogen-bond donors (Lipinski definition) is 2. The number of ketones is 1. The molecule has 1 atom stereocenters. The first kappa shape index (κ1) is 26.4. The van der Waals surface area contributed by atoms with Gasteiger partial charge >= 0.3 is 0 Å². The Hall–Kier alpha value is -2.86. The van der Waals surface area contributed by atoms with Crippen molar-refractivity contribution in [2.24, 2.45) is 5.73 Å². The van der Waals surface area contributed by atoms with Crippen LogP contribution in [0.2, 0.25) is 5.02 Å². The number of halogens is 1. The van der Waals surface area contributed by atoms with E-state index in [1.807, 2.05) is 18.2 Å². The summed E-state index contributed by atoms with van der Waals surface area (Å²) in [4.78, 5) is 35.7. The lowest BCUT2D eigenvalue weighted by Crippen LogP contribution is -2.27. The van der Waals surface area contributed by atoms with Crippen LogP contribution in [0.4, 0.5) is 5.82 Å². The number of Topliss-reactive ketones (excluding diaryl/α,β-unsaturated/α-hetero) is 1. The molecule has 0 spiro atoms. The molecule has 6 rings (SSSR count). The van der Waals surface area contributed by atoms with Gasteiger partial charge in [0.25, 0.3) is 0 Å². The van der Waals surface area contributed by atoms with Gasteiger partial charge in [-0.1, -0.05) is 18.5 Å². The molecule has 2 fully saturated rings. The van der Waals surface area contributed by atoms with Gasteiger partial charge in [0.2, 0.25) is 11.6 Å². The minimum absolute atomic E-state index is 0.0611. The maximum Gasteiger partial charge on any atom is 0.218 e. The van der Waals surface area contributed by atoms with E-state index in [1.54, 1.807) is 0 Å². The van der Waals surface area contributed by atoms with Gasteiger partial charge < -0.3 is 20.5 Å². The topological polar surface area (TPSA) is 130 Å². The number of nitrogens with zero attached hydrogens (tertiary/aromatic N) is 7. The average Bonchev–Trinajstić information content (AvgIpc) is 3.69. The molecular formula is C27H32ClN9OS. The van der Waals surface area contributed by atoms with Gasteiger partial charge in [-0.3, -0.25) is 4.79 Å². The standard InChI is InChI=1S/C27H32ClN9OS/c1-2-18-23(28)22-25(30-18)32-27(33-26(22)37-13-9-16(29)15-37)39-17-7-8-19-20(14-17)34-35-24(31-19)21(38)6-5-12-36-10-3-4-11-36/h7-8,14,16H,2-6,9-13,15,29H2,1H3,(H,30,32,33)/t16-/m0/s1. The van der Waals surface area contributed by atoms with E-state index in [0.717, 1.165) is 79.4 Å². The Kier molecular flexibility index (Phi) is 7.66. The van der Waals surface area contributed by atoms with Gasteiger partial charge in [0.15, 0.2) is 5.16 Å². The molecule has 3 aromatic heterocycles. The van der Waals surface area contributed by atoms with Gasteiger partial charge in [-0.25, -0.2) is 15.0 Å². The Morgan fingerprint density at radius 3 is 2.77 bits per heavy atom. The molecule has 10 nitrogen and oxygen atoms in total. The summed E-state index contributed by atoms with van der Waals surface area (Å²) >= 11 is 8.16. The SMILES string of the molecule is CCc1[nH]c2nc(Sc3ccc4nc(C(=O)CCCN5CCCC5)nnc4c3)nc(N3CC[C@H](N)C3)c2c1Cl. The molecule has 5 heterocycles. The summed E-state index contributed by atoms with van der Waals surface area (Å²) < 4.78 is 0. The lowest BCUT2D eigenvalue weighted by Gasteiger charge is -2.18. The van der Waals surface area contributed by atoms with E-state index in [-0.39, 0.29) is 17.6 Å². The van der Waals surface area contributed by atoms with Crippen LogP contribution < -0.4 is 10.6 Å². The highest BCUT2D eigenvalue weighted by Crippen LogP contribution is 2.37. The lowest BCUT2D eigenvalue weighted by atomic mass is 10.2. The van der Waals surface area contributed by atoms with E-state index in [2.05, 4.69) is 36.9 Å². The zero-order chi connectivity index (χ0) is 26.9. The zero-order valence-corrected chi connectivity index (χ0v) is 23.6. The van der Waals surface area contributed by atoms with Crippen LogP contribution in [-0.4, -0.2) is 79.6 Å². The molecule has 2 aliphatic heterocycles. The number of fused-ring (bicyclic) bond motifs is 2. The Balaban J connectivity index is 1.21. The van der Waals surface area contributed by atoms with Crippen molar-refractivity contribution in [2.75, 3.05) is 37.6 Å². The molecule has 1 aromatic carbocycles. The predicted octanol–water partition coefficient (Wildman–Crippen LogP) is 4.26. The first-order chi connectivity index (χ1) is 19.0. The van der Waals surface area contributed by atoms with Crippen LogP contribution in [0.15, 0.2) is 28.3 Å². The molecule has 3 N–H and O–H groups in total. The number of aromatic amines is 1. The van der Waals surface area contributed by atoms with E-state index in [4.69, 9.17) is 27.3 Å². The summed E-state index contributed by atoms with van der Waals surface area (Å²) in [5, 5.41) is 10.6. The maximum absolute atomic E-state index is 12.7. The second kappa shape index (κ2) is 11.3. The fraction of sp³-hybridized carbons (Fsp3) is 0.481. The molecule has 0 saturated carbocycles. The van der Waals surface area contributed by atoms with Crippen LogP contribution in [0.1, 0.15) is 55.3 Å². The van der Waals surface area contributed by atoms with Crippen molar-refractivity contribution in [1.82, 2.24) is 35.0 Å². The zero-order valence-electron chi connectivity index (χ0n) is 22.0. The van der Waals surface area contributed by atoms with E-state index < -0.39 is 0 Å². The molecule has 204 valence electrons. The second-order valence-corrected chi connectivity index (χ2v) is 11.7. The minimum atomic E-state index is -0.0611. The third kappa shape index (κ3) is 5.58. The molecule has 4 aromatic rings. The number of benzene rings is 1. The Bertz CT molecular complexity index is 1520. The smallest absolute Gasteiger partial charge is 0.218 e. The van der Waals surface area contributed by atoms with Gasteiger partial charge in [-0.2, -0.15) is 0 Å². The first-order valence-corrected chi connectivity index (χ1v) is 14.8. The summed E-state index contributed by atoms with van der Waals surface area (Å²) in [5.74, 6) is 0.933. The summed E-state index contributed by atoms with van der Waals surface area (Å²) in [6.07, 6.45) is 5.44. The molecule has 2 saturated heterocycles. The van der Waals surface area contributed by atoms with E-state index in [9.17, 15) is 4.79 Å². The summed E-state index contributed by atoms with van der Waals surface area (Å²) in [6, 6.07) is 5.83. The maximum atomic E-state index is 12.7. The Morgan fingerprint density at radius 2 is 2.00 bits per heavy atom. The number of hydrogen-bond acceptors (Lipinski definition) is 10. The summed E-state index contributed by atoms with van der Waals surface area (Å²) in [7, 11) is 0. The molecule has 12 heteroatoms. The molecule has 2 aliphatic rings. The van der Waals surface area contributed by atoms with Gasteiger partial charge in [0.1, 0.15) is 17.0 Å². The molecule has 0 amide bonds. The summed E-state index contributed by atoms with van der Waals surface area (Å²) in [6.45, 7) is 6.83. The summed E-state index contributed by atoms with van der Waals surface area (Å²) in [5.41, 5.74) is 9.13. The highest BCUT2D eigenvalue weighted by atomic mass is 35.5. The lowest BCUT2D eigenvalue weighted by molar-refractivity contribution is 0.0965. The normalized spacial score (nSPS) is 18.1. The van der Waals surface area contributed by atoms with Crippen molar-refractivity contribution < 1.29 is 4.79 Å². The molecule has 39 heavy (non-hydrogen) atoms. The number of carbonyl (C=O) groups is 1. The van der Waals surface area contributed by atoms with Crippen molar-refractivity contribution in [3.8, 4) is 0 Å². The number of nitrogens with two attached hydrogens (primary N) is 1. The van der Waals surface area contributed by atoms with Crippen LogP contribution in [-0.2, 0) is 6.42 Å². The number of H-pyrrole nitrogens is 1. The highest BCUT2D eigenvalue weighted by Gasteiger charge is 2.26. The molecule has 0 aliphatic carbocycles. The van der Waals surface area contributed by atoms with Crippen LogP contribution in [0.3, 0.4) is 0 Å². The molecule has 0 unspecified atom stereocenters. The first-order valence-electron chi connectivity index (χ1n) is 13.6. The van der Waals surface area contributed by atoms with Crippen molar-refractivity contribution in [3.05, 3.63) is 34.7 Å². The minimum Gasteiger partial charge on any atom is -0.354 e. The third-order valence-corrected chi connectivity index (χ3v) is 8.73. The quantitative estimate of drug-likeness (QED) is 0.224. The number of rotatable bonds is 9. The number of anilines is 1. The number of aryl methyl sites for hydroxylation is 1. The fourth-order valence-electron chi connectivity index (χ4n) is 5.35. The van der Waals surface area contributed by atoms with Crippen LogP contribution in [0.25, 0.3) is 22.1 Å². The van der Waals surface area contributed by atoms with Crippen molar-refractivity contribution in [3.63, 3.8) is 0 Å². The van der Waals surface area contributed by atoms with E-state index >= 15 is 0 Å². The van der Waals surface area contributed by atoms with Crippen molar-refractivity contribution in [2.45, 2.75) is 61.5 Å². The van der Waals surface area contributed by atoms with Crippen molar-refractivity contribution >= 4 is 57.0 Å². The second-order valence-electron chi connectivity index (χ2n) is 10.3. The van der Waals surface area contributed by atoms with E-state index in [1.165, 1.54) is 24.6 Å². The van der Waals surface area contributed by atoms with Crippen LogP contribution >= 0.6 is 23.4 Å². The number of likely N-dealkylation sites (tertiary alicyclic amines) is 1. The number of aromatic nitrogens is 6. The molecule has 0 radical (unpaired) electrons. The Morgan fingerprint density at radius 1 is 1.15 bits per heavy atom. The molecular weight excluding hydrogens is 534 g/mol. The van der Waals surface area contributed by atoms with Gasteiger partial charge in [-0.05, 0) is 81.7 Å². The number of carbonyl (C=O) groups excluding carboxylic acids is 1. The predicted molar refractivity (Wildman–Crippen MR) is 154 cm³/mol. The van der Waals surface area contributed by atoms with Crippen molar-refractivity contribution in [1.29, 1.82) is 0 Å². The van der Waals surface area contributed by atoms with Gasteiger partial charge in [0, 0.05) is 36.1 Å². The highest BCUT2D eigenvalue weighted by molar-refractivity contribution is 7.99. The van der Waals surface area contributed by atoms with Crippen LogP contribution in [0.5, 0.6) is 0 Å². The average molecular weight is 566 g/mol. The fourth-order valence-corrected chi connectivity index (χ4v) is 6.49. The number of nitrogens with one attached hydrogen (secondary N) is 1. The van der Waals surface area contributed by atoms with Gasteiger partial charge in [0.05, 0.1) is 15.9 Å². The molecule has 0 bridgehead atoms. The van der Waals surface area contributed by atoms with Crippen LogP contribution in [0, 0.1) is 0 Å². The Labute approximate surface area is 236 Å². The monoisotopic (exact) mass is 565 g/mol. The third-order valence-electron chi connectivity index (χ3n) is 7.46. The van der Waals surface area contributed by atoms with Gasteiger partial charge in [-0.15, -0.1) is 10.2 Å². The van der Waals surface area contributed by atoms with E-state index in [0.29, 0.717) is 27.6 Å².